The van der Waals surface area contributed by atoms with Crippen LogP contribution in [0.4, 0.5) is 0 Å². The number of hydrogen-bond donors (Lipinski definition) is 1. The number of hydrogen-bond acceptors (Lipinski definition) is 4. The highest BCUT2D eigenvalue weighted by atomic mass is 32.1. The van der Waals surface area contributed by atoms with Crippen LogP contribution in [0.15, 0.2) is 0 Å². The predicted octanol–water partition coefficient (Wildman–Crippen LogP) is 1.68. The third-order valence-electron chi connectivity index (χ3n) is 3.46. The lowest BCUT2D eigenvalue weighted by Crippen LogP contribution is -2.27. The van der Waals surface area contributed by atoms with Crippen molar-refractivity contribution in [2.75, 3.05) is 39.6 Å². The molecule has 0 spiro atoms. The summed E-state index contributed by atoms with van der Waals surface area (Å²) < 4.78 is 10.8. The van der Waals surface area contributed by atoms with Gasteiger partial charge in [-0.2, -0.15) is 12.6 Å². The minimum Gasteiger partial charge on any atom is -0.377 e. The molecule has 0 aromatic carbocycles. The lowest BCUT2D eigenvalue weighted by Gasteiger charge is -2.17. The van der Waals surface area contributed by atoms with E-state index in [-0.39, 0.29) is 12.2 Å². The van der Waals surface area contributed by atoms with E-state index in [1.54, 1.807) is 14.2 Å². The zero-order valence-corrected chi connectivity index (χ0v) is 11.6. The molecule has 0 bridgehead atoms. The van der Waals surface area contributed by atoms with E-state index in [1.807, 2.05) is 0 Å². The summed E-state index contributed by atoms with van der Waals surface area (Å²) in [5, 5.41) is 0. The first-order chi connectivity index (χ1) is 7.71. The normalized spacial score (nSPS) is 28.5. The second kappa shape index (κ2) is 7.54. The van der Waals surface area contributed by atoms with Gasteiger partial charge in [-0.1, -0.05) is 6.92 Å². The van der Waals surface area contributed by atoms with E-state index in [1.165, 1.54) is 12.8 Å². The third kappa shape index (κ3) is 4.24. The highest BCUT2D eigenvalue weighted by Crippen LogP contribution is 2.17. The monoisotopic (exact) mass is 247 g/mol. The molecule has 96 valence electrons. The Morgan fingerprint density at radius 3 is 2.19 bits per heavy atom. The fourth-order valence-corrected chi connectivity index (χ4v) is 2.66. The molecule has 1 heterocycles. The van der Waals surface area contributed by atoms with Gasteiger partial charge in [0.2, 0.25) is 0 Å². The Bertz CT molecular complexity index is 180. The molecule has 0 amide bonds. The summed E-state index contributed by atoms with van der Waals surface area (Å²) >= 11 is 4.27. The maximum atomic E-state index is 5.42. The van der Waals surface area contributed by atoms with Gasteiger partial charge >= 0.3 is 0 Å². The smallest absolute Gasteiger partial charge is 0.0971 e. The molecule has 0 aromatic heterocycles. The molecule has 0 aromatic rings. The molecule has 16 heavy (non-hydrogen) atoms. The lowest BCUT2D eigenvalue weighted by atomic mass is 10.1. The van der Waals surface area contributed by atoms with Crippen molar-refractivity contribution in [3.63, 3.8) is 0 Å². The number of rotatable bonds is 7. The van der Waals surface area contributed by atoms with E-state index < -0.39 is 0 Å². The summed E-state index contributed by atoms with van der Waals surface area (Å²) in [7, 11) is 3.54. The maximum Gasteiger partial charge on any atom is 0.0971 e. The summed E-state index contributed by atoms with van der Waals surface area (Å²) in [4.78, 5) is 2.44. The molecule has 1 rings (SSSR count). The predicted molar refractivity (Wildman–Crippen MR) is 70.3 cm³/mol. The number of likely N-dealkylation sites (tertiary alicyclic amines) is 1. The first-order valence-corrected chi connectivity index (χ1v) is 6.73. The van der Waals surface area contributed by atoms with E-state index in [0.717, 1.165) is 31.3 Å². The standard InChI is InChI=1S/C12H25NO2S/c1-10(5-7-16)4-6-13-8-11(14-2)12(9-13)15-3/h10-12,16H,4-9H2,1-3H3. The molecular formula is C12H25NO2S. The quantitative estimate of drug-likeness (QED) is 0.692. The van der Waals surface area contributed by atoms with Gasteiger partial charge in [0.05, 0.1) is 12.2 Å². The Hall–Kier alpha value is 0.230. The van der Waals surface area contributed by atoms with Gasteiger partial charge in [-0.3, -0.25) is 4.90 Å². The molecule has 3 atom stereocenters. The second-order valence-electron chi connectivity index (χ2n) is 4.71. The third-order valence-corrected chi connectivity index (χ3v) is 3.71. The largest absolute Gasteiger partial charge is 0.377 e. The zero-order chi connectivity index (χ0) is 12.0. The Labute approximate surface area is 105 Å². The van der Waals surface area contributed by atoms with E-state index in [0.29, 0.717) is 0 Å². The average Bonchev–Trinajstić information content (AvgIpc) is 2.69. The second-order valence-corrected chi connectivity index (χ2v) is 5.16. The van der Waals surface area contributed by atoms with Crippen LogP contribution >= 0.6 is 12.6 Å². The van der Waals surface area contributed by atoms with Crippen LogP contribution in [0, 0.1) is 5.92 Å². The van der Waals surface area contributed by atoms with E-state index in [9.17, 15) is 0 Å². The molecule has 0 saturated carbocycles. The Kier molecular flexibility index (Phi) is 6.73. The van der Waals surface area contributed by atoms with Gasteiger partial charge in [0.15, 0.2) is 0 Å². The van der Waals surface area contributed by atoms with Crippen molar-refractivity contribution in [1.82, 2.24) is 4.90 Å². The molecule has 3 unspecified atom stereocenters. The topological polar surface area (TPSA) is 21.7 Å². The van der Waals surface area contributed by atoms with Crippen LogP contribution < -0.4 is 0 Å². The molecule has 1 fully saturated rings. The van der Waals surface area contributed by atoms with Crippen LogP contribution in [0.5, 0.6) is 0 Å². The van der Waals surface area contributed by atoms with Crippen molar-refractivity contribution in [3.05, 3.63) is 0 Å². The van der Waals surface area contributed by atoms with Crippen molar-refractivity contribution in [2.45, 2.75) is 32.0 Å². The molecular weight excluding hydrogens is 222 g/mol. The zero-order valence-electron chi connectivity index (χ0n) is 10.7. The van der Waals surface area contributed by atoms with Crippen molar-refractivity contribution in [2.24, 2.45) is 5.92 Å². The van der Waals surface area contributed by atoms with Crippen LogP contribution in [0.3, 0.4) is 0 Å². The molecule has 0 aliphatic carbocycles. The fraction of sp³-hybridized carbons (Fsp3) is 1.00. The van der Waals surface area contributed by atoms with Gasteiger partial charge < -0.3 is 9.47 Å². The summed E-state index contributed by atoms with van der Waals surface area (Å²) in [6, 6.07) is 0. The molecule has 1 saturated heterocycles. The number of nitrogens with zero attached hydrogens (tertiary/aromatic N) is 1. The van der Waals surface area contributed by atoms with Crippen LogP contribution in [0.1, 0.15) is 19.8 Å². The molecule has 0 radical (unpaired) electrons. The molecule has 0 N–H and O–H groups in total. The summed E-state index contributed by atoms with van der Waals surface area (Å²) in [6.45, 7) is 5.45. The fourth-order valence-electron chi connectivity index (χ4n) is 2.22. The highest BCUT2D eigenvalue weighted by molar-refractivity contribution is 7.80. The highest BCUT2D eigenvalue weighted by Gasteiger charge is 2.32. The van der Waals surface area contributed by atoms with E-state index in [4.69, 9.17) is 9.47 Å². The SMILES string of the molecule is COC1CN(CCC(C)CCS)CC1OC. The van der Waals surface area contributed by atoms with Crippen molar-refractivity contribution < 1.29 is 9.47 Å². The van der Waals surface area contributed by atoms with Gasteiger partial charge in [-0.05, 0) is 31.1 Å². The van der Waals surface area contributed by atoms with Gasteiger partial charge in [0.25, 0.3) is 0 Å². The van der Waals surface area contributed by atoms with E-state index in [2.05, 4.69) is 24.5 Å². The van der Waals surface area contributed by atoms with Gasteiger partial charge in [-0.15, -0.1) is 0 Å². The summed E-state index contributed by atoms with van der Waals surface area (Å²) in [5.74, 6) is 1.75. The van der Waals surface area contributed by atoms with Crippen molar-refractivity contribution in [3.8, 4) is 0 Å². The minimum absolute atomic E-state index is 0.241. The maximum absolute atomic E-state index is 5.42. The molecule has 4 heteroatoms. The lowest BCUT2D eigenvalue weighted by molar-refractivity contribution is -0.00461. The van der Waals surface area contributed by atoms with Gasteiger partial charge in [0, 0.05) is 27.3 Å². The Morgan fingerprint density at radius 1 is 1.19 bits per heavy atom. The molecule has 1 aliphatic rings. The van der Waals surface area contributed by atoms with Crippen LogP contribution in [0.25, 0.3) is 0 Å². The molecule has 3 nitrogen and oxygen atoms in total. The van der Waals surface area contributed by atoms with Crippen molar-refractivity contribution in [1.29, 1.82) is 0 Å². The first kappa shape index (κ1) is 14.3. The molecule has 1 aliphatic heterocycles. The van der Waals surface area contributed by atoms with Crippen LogP contribution in [-0.2, 0) is 9.47 Å². The average molecular weight is 247 g/mol. The van der Waals surface area contributed by atoms with Crippen LogP contribution in [0.2, 0.25) is 0 Å². The van der Waals surface area contributed by atoms with E-state index >= 15 is 0 Å². The van der Waals surface area contributed by atoms with Crippen molar-refractivity contribution >= 4 is 12.6 Å². The number of ether oxygens (including phenoxy) is 2. The Morgan fingerprint density at radius 2 is 1.75 bits per heavy atom. The van der Waals surface area contributed by atoms with Gasteiger partial charge in [0.1, 0.15) is 0 Å². The number of thiol groups is 1. The first-order valence-electron chi connectivity index (χ1n) is 6.10. The minimum atomic E-state index is 0.241. The summed E-state index contributed by atoms with van der Waals surface area (Å²) in [6.07, 6.45) is 2.93. The summed E-state index contributed by atoms with van der Waals surface area (Å²) in [5.41, 5.74) is 0. The Balaban J connectivity index is 2.24. The van der Waals surface area contributed by atoms with Gasteiger partial charge in [-0.25, -0.2) is 0 Å². The number of methoxy groups -OCH3 is 2. The van der Waals surface area contributed by atoms with Crippen LogP contribution in [-0.4, -0.2) is 56.7 Å².